The predicted molar refractivity (Wildman–Crippen MR) is 266 cm³/mol. The summed E-state index contributed by atoms with van der Waals surface area (Å²) in [7, 11) is 5.53. The van der Waals surface area contributed by atoms with Crippen molar-refractivity contribution in [1.29, 1.82) is 0 Å². The van der Waals surface area contributed by atoms with Gasteiger partial charge in [-0.2, -0.15) is 0 Å². The molecule has 0 bridgehead atoms. The molecular formula is C55H100NO7+. The van der Waals surface area contributed by atoms with Crippen molar-refractivity contribution in [3.8, 4) is 0 Å². The Balaban J connectivity index is 4.27. The summed E-state index contributed by atoms with van der Waals surface area (Å²) in [5.41, 5.74) is 0. The summed E-state index contributed by atoms with van der Waals surface area (Å²) in [5.74, 6) is -1.49. The van der Waals surface area contributed by atoms with Crippen LogP contribution in [0, 0.1) is 0 Å². The summed E-state index contributed by atoms with van der Waals surface area (Å²) < 4.78 is 17.3. The second kappa shape index (κ2) is 45.8. The Hall–Kier alpha value is -2.71. The SMILES string of the molecule is CCCCCCC/C=C/C=C/C=C/CCCCCCCC(=O)OC(COCCC(C(=O)O)[N+](C)(C)C)COC(=O)CCCCCCCCC/C=C/CCCCCCCCCCCC. The standard InChI is InChI=1S/C55H99NO7/c1-6-8-10-12-14-16-18-20-22-24-26-27-28-30-31-33-35-37-39-41-43-45-53(57)62-50-51(49-61-48-47-52(55(59)60)56(3,4)5)63-54(58)46-44-42-40-38-36-34-32-29-25-23-21-19-17-15-13-11-9-7-2/h19,21,23,25,27-29,32,51-52H,6-18,20,22,24,26,30-31,33-50H2,1-5H3/p+1/b21-19+,25-23+,28-27+,32-29+. The first-order valence-electron chi connectivity index (χ1n) is 26.2. The first-order valence-corrected chi connectivity index (χ1v) is 26.2. The molecule has 0 radical (unpaired) electrons. The minimum Gasteiger partial charge on any atom is -0.477 e. The van der Waals surface area contributed by atoms with Crippen LogP contribution in [0.1, 0.15) is 232 Å². The zero-order valence-electron chi connectivity index (χ0n) is 41.8. The summed E-state index contributed by atoms with van der Waals surface area (Å²) in [4.78, 5) is 37.2. The van der Waals surface area contributed by atoms with E-state index < -0.39 is 18.1 Å². The molecule has 0 heterocycles. The summed E-state index contributed by atoms with van der Waals surface area (Å²) in [6.07, 6.45) is 55.9. The molecule has 2 unspecified atom stereocenters. The molecule has 0 amide bonds. The number of allylic oxidation sites excluding steroid dienone is 8. The van der Waals surface area contributed by atoms with Crippen LogP contribution < -0.4 is 0 Å². The number of hydrogen-bond donors (Lipinski definition) is 1. The van der Waals surface area contributed by atoms with Gasteiger partial charge in [0.15, 0.2) is 12.1 Å². The van der Waals surface area contributed by atoms with Crippen LogP contribution in [0.2, 0.25) is 0 Å². The summed E-state index contributed by atoms with van der Waals surface area (Å²) in [6, 6.07) is -0.621. The van der Waals surface area contributed by atoms with Gasteiger partial charge in [0.1, 0.15) is 6.61 Å². The summed E-state index contributed by atoms with van der Waals surface area (Å²) in [6.45, 7) is 4.72. The molecule has 0 saturated heterocycles. The molecule has 0 fully saturated rings. The quantitative estimate of drug-likeness (QED) is 0.0214. The Morgan fingerprint density at radius 3 is 1.27 bits per heavy atom. The molecule has 366 valence electrons. The Labute approximate surface area is 388 Å². The molecular weight excluding hydrogens is 787 g/mol. The molecule has 0 saturated carbocycles. The molecule has 63 heavy (non-hydrogen) atoms. The maximum Gasteiger partial charge on any atom is 0.362 e. The van der Waals surface area contributed by atoms with Crippen LogP contribution in [-0.4, -0.2) is 80.6 Å². The van der Waals surface area contributed by atoms with Crippen LogP contribution in [0.25, 0.3) is 0 Å². The lowest BCUT2D eigenvalue weighted by Crippen LogP contribution is -2.50. The number of carbonyl (C=O) groups is 3. The highest BCUT2D eigenvalue weighted by Gasteiger charge is 2.31. The lowest BCUT2D eigenvalue weighted by molar-refractivity contribution is -0.887. The van der Waals surface area contributed by atoms with E-state index in [-0.39, 0.29) is 36.2 Å². The van der Waals surface area contributed by atoms with Gasteiger partial charge in [-0.3, -0.25) is 9.59 Å². The van der Waals surface area contributed by atoms with Gasteiger partial charge in [0, 0.05) is 19.3 Å². The van der Waals surface area contributed by atoms with E-state index in [0.29, 0.717) is 19.3 Å². The van der Waals surface area contributed by atoms with E-state index in [0.717, 1.165) is 64.2 Å². The lowest BCUT2D eigenvalue weighted by atomic mass is 10.1. The van der Waals surface area contributed by atoms with E-state index >= 15 is 0 Å². The molecule has 0 aromatic rings. The van der Waals surface area contributed by atoms with E-state index in [1.807, 2.05) is 21.1 Å². The third-order valence-corrected chi connectivity index (χ3v) is 11.8. The van der Waals surface area contributed by atoms with Crippen LogP contribution in [-0.2, 0) is 28.6 Å². The van der Waals surface area contributed by atoms with Gasteiger partial charge < -0.3 is 23.8 Å². The Morgan fingerprint density at radius 2 is 0.857 bits per heavy atom. The van der Waals surface area contributed by atoms with E-state index in [1.54, 1.807) is 0 Å². The van der Waals surface area contributed by atoms with Crippen molar-refractivity contribution in [2.45, 2.75) is 244 Å². The number of quaternary nitrogens is 1. The maximum atomic E-state index is 12.8. The van der Waals surface area contributed by atoms with Gasteiger partial charge in [-0.15, -0.1) is 0 Å². The number of nitrogens with zero attached hydrogens (tertiary/aromatic N) is 1. The van der Waals surface area contributed by atoms with Gasteiger partial charge in [0.2, 0.25) is 0 Å². The molecule has 0 aliphatic carbocycles. The fraction of sp³-hybridized carbons (Fsp3) is 0.800. The molecule has 8 heteroatoms. The molecule has 2 atom stereocenters. The molecule has 0 aromatic heterocycles. The Kier molecular flexibility index (Phi) is 43.9. The second-order valence-corrected chi connectivity index (χ2v) is 18.8. The number of rotatable bonds is 47. The van der Waals surface area contributed by atoms with Gasteiger partial charge in [-0.1, -0.05) is 197 Å². The molecule has 0 rings (SSSR count). The number of hydrogen-bond acceptors (Lipinski definition) is 6. The van der Waals surface area contributed by atoms with Crippen molar-refractivity contribution in [1.82, 2.24) is 0 Å². The van der Waals surface area contributed by atoms with Crippen LogP contribution in [0.3, 0.4) is 0 Å². The number of aliphatic carboxylic acids is 1. The second-order valence-electron chi connectivity index (χ2n) is 18.8. The van der Waals surface area contributed by atoms with E-state index in [9.17, 15) is 19.5 Å². The van der Waals surface area contributed by atoms with Crippen molar-refractivity contribution in [2.24, 2.45) is 0 Å². The van der Waals surface area contributed by atoms with Crippen molar-refractivity contribution in [2.75, 3.05) is 41.0 Å². The summed E-state index contributed by atoms with van der Waals surface area (Å²) in [5, 5.41) is 9.65. The minimum atomic E-state index is -0.878. The normalized spacial score (nSPS) is 13.2. The molecule has 0 aliphatic rings. The van der Waals surface area contributed by atoms with Gasteiger partial charge in [0.25, 0.3) is 0 Å². The number of esters is 2. The van der Waals surface area contributed by atoms with Crippen molar-refractivity contribution >= 4 is 17.9 Å². The third kappa shape index (κ3) is 44.3. The third-order valence-electron chi connectivity index (χ3n) is 11.8. The fourth-order valence-electron chi connectivity index (χ4n) is 7.68. The number of carbonyl (C=O) groups excluding carboxylic acids is 2. The van der Waals surface area contributed by atoms with Crippen molar-refractivity contribution < 1.29 is 38.2 Å². The van der Waals surface area contributed by atoms with E-state index in [4.69, 9.17) is 14.2 Å². The lowest BCUT2D eigenvalue weighted by Gasteiger charge is -2.31. The smallest absolute Gasteiger partial charge is 0.362 e. The monoisotopic (exact) mass is 887 g/mol. The van der Waals surface area contributed by atoms with Crippen LogP contribution in [0.15, 0.2) is 48.6 Å². The van der Waals surface area contributed by atoms with Crippen molar-refractivity contribution in [3.63, 3.8) is 0 Å². The average molecular weight is 887 g/mol. The summed E-state index contributed by atoms with van der Waals surface area (Å²) >= 11 is 0. The van der Waals surface area contributed by atoms with Crippen molar-refractivity contribution in [3.05, 3.63) is 48.6 Å². The minimum absolute atomic E-state index is 0.0514. The van der Waals surface area contributed by atoms with E-state index in [2.05, 4.69) is 62.5 Å². The van der Waals surface area contributed by atoms with Crippen LogP contribution >= 0.6 is 0 Å². The number of ether oxygens (including phenoxy) is 3. The molecule has 0 aromatic carbocycles. The highest BCUT2D eigenvalue weighted by Crippen LogP contribution is 2.15. The van der Waals surface area contributed by atoms with Gasteiger partial charge >= 0.3 is 17.9 Å². The first kappa shape index (κ1) is 60.3. The molecule has 0 aliphatic heterocycles. The van der Waals surface area contributed by atoms with E-state index in [1.165, 1.54) is 135 Å². The van der Waals surface area contributed by atoms with Gasteiger partial charge in [-0.25, -0.2) is 4.79 Å². The van der Waals surface area contributed by atoms with Crippen LogP contribution in [0.5, 0.6) is 0 Å². The first-order chi connectivity index (χ1) is 30.6. The number of carboxylic acids is 1. The zero-order chi connectivity index (χ0) is 46.3. The number of likely N-dealkylation sites (N-methyl/N-ethyl adjacent to an activating group) is 1. The Morgan fingerprint density at radius 1 is 0.476 bits per heavy atom. The molecule has 0 spiro atoms. The van der Waals surface area contributed by atoms with Crippen LogP contribution in [0.4, 0.5) is 0 Å². The highest BCUT2D eigenvalue weighted by molar-refractivity contribution is 5.72. The fourth-order valence-corrected chi connectivity index (χ4v) is 7.68. The number of unbranched alkanes of at least 4 members (excludes halogenated alkanes) is 27. The Bertz CT molecular complexity index is 1170. The maximum absolute atomic E-state index is 12.8. The highest BCUT2D eigenvalue weighted by atomic mass is 16.6. The van der Waals surface area contributed by atoms with Gasteiger partial charge in [0.05, 0.1) is 34.4 Å². The van der Waals surface area contributed by atoms with Gasteiger partial charge in [-0.05, 0) is 64.2 Å². The predicted octanol–water partition coefficient (Wildman–Crippen LogP) is 15.1. The largest absolute Gasteiger partial charge is 0.477 e. The molecule has 8 nitrogen and oxygen atoms in total. The molecule has 1 N–H and O–H groups in total. The average Bonchev–Trinajstić information content (AvgIpc) is 3.24. The zero-order valence-corrected chi connectivity index (χ0v) is 41.8. The topological polar surface area (TPSA) is 99.1 Å². The number of carboxylic acid groups (broad SMARTS) is 1.